The van der Waals surface area contributed by atoms with Gasteiger partial charge in [-0.05, 0) is 70.3 Å². The van der Waals surface area contributed by atoms with Gasteiger partial charge in [-0.25, -0.2) is 0 Å². The molecule has 0 fully saturated rings. The van der Waals surface area contributed by atoms with Gasteiger partial charge >= 0.3 is 0 Å². The lowest BCUT2D eigenvalue weighted by Crippen LogP contribution is -2.56. The number of aryl methyl sites for hydroxylation is 1. The number of hydrogen-bond acceptors (Lipinski definition) is 5. The van der Waals surface area contributed by atoms with Crippen LogP contribution in [0.4, 0.5) is 0 Å². The average Bonchev–Trinajstić information content (AvgIpc) is 3.37. The quantitative estimate of drug-likeness (QED) is 0.204. The van der Waals surface area contributed by atoms with Crippen LogP contribution in [0, 0.1) is 6.92 Å². The Morgan fingerprint density at radius 1 is 0.700 bits per heavy atom. The molecule has 5 aromatic rings. The minimum Gasteiger partial charge on any atom is -0.507 e. The molecule has 0 saturated heterocycles. The largest absolute Gasteiger partial charge is 0.507 e. The van der Waals surface area contributed by atoms with Crippen molar-refractivity contribution in [2.75, 3.05) is 0 Å². The highest BCUT2D eigenvalue weighted by Crippen LogP contribution is 2.59. The molecule has 0 aromatic heterocycles. The van der Waals surface area contributed by atoms with Crippen LogP contribution >= 0.6 is 0 Å². The van der Waals surface area contributed by atoms with Crippen LogP contribution in [0.5, 0.6) is 17.2 Å². The summed E-state index contributed by atoms with van der Waals surface area (Å²) in [5, 5.41) is 11.8. The Morgan fingerprint density at radius 2 is 1.26 bits per heavy atom. The lowest BCUT2D eigenvalue weighted by atomic mass is 9.66. The molecular weight excluding hydrogens is 643 g/mol. The van der Waals surface area contributed by atoms with Crippen molar-refractivity contribution in [1.82, 2.24) is 0 Å². The summed E-state index contributed by atoms with van der Waals surface area (Å²) in [5.41, 5.74) is 3.57. The number of sulfonamides is 1. The molecule has 0 bridgehead atoms. The normalized spacial score (nSPS) is 21.0. The van der Waals surface area contributed by atoms with Crippen LogP contribution in [0.2, 0.25) is 0 Å². The van der Waals surface area contributed by atoms with Gasteiger partial charge in [0.15, 0.2) is 6.10 Å². The predicted molar refractivity (Wildman–Crippen MR) is 198 cm³/mol. The number of aromatic hydroxyl groups is 1. The van der Waals surface area contributed by atoms with Crippen LogP contribution in [0.25, 0.3) is 0 Å². The number of phenols is 1. The van der Waals surface area contributed by atoms with Gasteiger partial charge in [-0.3, -0.25) is 0 Å². The topological polar surface area (TPSA) is 85.2 Å². The Morgan fingerprint density at radius 3 is 1.88 bits per heavy atom. The Kier molecular flexibility index (Phi) is 7.98. The zero-order chi connectivity index (χ0) is 35.6. The molecule has 0 amide bonds. The third kappa shape index (κ3) is 5.58. The zero-order valence-corrected chi connectivity index (χ0v) is 30.4. The smallest absolute Gasteiger partial charge is 0.282 e. The van der Waals surface area contributed by atoms with E-state index in [1.807, 2.05) is 85.8 Å². The Balaban J connectivity index is 1.63. The van der Waals surface area contributed by atoms with Gasteiger partial charge in [-0.15, -0.1) is 0 Å². The maximum Gasteiger partial charge on any atom is 0.282 e. The monoisotopic (exact) mass is 685 g/mol. The molecule has 7 rings (SSSR count). The Hall–Kier alpha value is -4.88. The molecule has 2 aliphatic rings. The van der Waals surface area contributed by atoms with E-state index in [0.29, 0.717) is 17.1 Å². The molecule has 7 heteroatoms. The van der Waals surface area contributed by atoms with E-state index in [2.05, 4.69) is 53.7 Å². The van der Waals surface area contributed by atoms with Gasteiger partial charge in [-0.2, -0.15) is 12.8 Å². The van der Waals surface area contributed by atoms with Crippen LogP contribution < -0.4 is 9.47 Å². The minimum atomic E-state index is -4.22. The van der Waals surface area contributed by atoms with Gasteiger partial charge < -0.3 is 14.6 Å². The minimum absolute atomic E-state index is 0.0924. The number of fused-ring (bicyclic) bond motifs is 2. The van der Waals surface area contributed by atoms with E-state index in [0.717, 1.165) is 33.4 Å². The molecule has 2 heterocycles. The third-order valence-corrected chi connectivity index (χ3v) is 11.1. The summed E-state index contributed by atoms with van der Waals surface area (Å²) < 4.78 is 47.7. The molecule has 256 valence electrons. The standard InChI is InChI=1S/C43H43NO5S/c1-27-21-23-30(24-22-27)50(46,47)44-39-32-18-12-14-20-36(32)49-43(39)37(29-25-33(41(2,3)4)38(45)34(26-29)42(5,6)7)31-17-11-13-19-35(31)48-40(43)28-15-9-8-10-16-28/h8-26,37,40,45H,1-7H3/b44-39-/t37-,40+,43-/m1/s1. The van der Waals surface area contributed by atoms with Crippen LogP contribution in [0.15, 0.2) is 125 Å². The van der Waals surface area contributed by atoms with E-state index in [-0.39, 0.29) is 16.4 Å². The molecule has 1 spiro atoms. The van der Waals surface area contributed by atoms with Gasteiger partial charge in [0.1, 0.15) is 23.0 Å². The summed E-state index contributed by atoms with van der Waals surface area (Å²) >= 11 is 0. The maximum absolute atomic E-state index is 14.4. The van der Waals surface area contributed by atoms with E-state index < -0.39 is 38.5 Å². The van der Waals surface area contributed by atoms with Crippen molar-refractivity contribution in [3.8, 4) is 17.2 Å². The molecule has 6 nitrogen and oxygen atoms in total. The average molecular weight is 686 g/mol. The Labute approximate surface area is 295 Å². The second kappa shape index (κ2) is 11.9. The molecule has 0 radical (unpaired) electrons. The summed E-state index contributed by atoms with van der Waals surface area (Å²) in [5.74, 6) is 0.833. The summed E-state index contributed by atoms with van der Waals surface area (Å²) in [6.45, 7) is 14.4. The van der Waals surface area contributed by atoms with Gasteiger partial charge in [0.05, 0.1) is 10.8 Å². The van der Waals surface area contributed by atoms with Gasteiger partial charge in [0.2, 0.25) is 5.60 Å². The van der Waals surface area contributed by atoms with Gasteiger partial charge in [-0.1, -0.05) is 132 Å². The number of para-hydroxylation sites is 2. The fourth-order valence-electron chi connectivity index (χ4n) is 7.33. The van der Waals surface area contributed by atoms with Crippen LogP contribution in [-0.2, 0) is 20.9 Å². The predicted octanol–water partition coefficient (Wildman–Crippen LogP) is 9.57. The van der Waals surface area contributed by atoms with Crippen molar-refractivity contribution in [2.45, 2.75) is 81.8 Å². The fraction of sp³-hybridized carbons (Fsp3) is 0.279. The molecule has 1 N–H and O–H groups in total. The van der Waals surface area contributed by atoms with Gasteiger partial charge in [0.25, 0.3) is 10.0 Å². The molecule has 5 aromatic carbocycles. The summed E-state index contributed by atoms with van der Waals surface area (Å²) in [6.07, 6.45) is -0.812. The van der Waals surface area contributed by atoms with Crippen LogP contribution in [0.1, 0.15) is 92.5 Å². The van der Waals surface area contributed by atoms with Crippen molar-refractivity contribution in [1.29, 1.82) is 0 Å². The summed E-state index contributed by atoms with van der Waals surface area (Å²) in [7, 11) is -4.22. The summed E-state index contributed by atoms with van der Waals surface area (Å²) in [4.78, 5) is 0.0924. The second-order valence-corrected chi connectivity index (χ2v) is 17.1. The molecule has 3 atom stereocenters. The number of ether oxygens (including phenoxy) is 2. The number of nitrogens with zero attached hydrogens (tertiary/aromatic N) is 1. The maximum atomic E-state index is 14.4. The second-order valence-electron chi connectivity index (χ2n) is 15.5. The van der Waals surface area contributed by atoms with Crippen LogP contribution in [-0.4, -0.2) is 24.8 Å². The highest BCUT2D eigenvalue weighted by molar-refractivity contribution is 7.90. The highest BCUT2D eigenvalue weighted by Gasteiger charge is 2.63. The first-order chi connectivity index (χ1) is 23.6. The van der Waals surface area contributed by atoms with E-state index in [9.17, 15) is 13.5 Å². The third-order valence-electron chi connectivity index (χ3n) is 9.80. The molecule has 0 aliphatic carbocycles. The highest BCUT2D eigenvalue weighted by atomic mass is 32.2. The lowest BCUT2D eigenvalue weighted by Gasteiger charge is -2.47. The number of benzene rings is 5. The molecule has 0 saturated carbocycles. The van der Waals surface area contributed by atoms with Crippen molar-refractivity contribution < 1.29 is 23.0 Å². The first kappa shape index (κ1) is 33.6. The van der Waals surface area contributed by atoms with E-state index >= 15 is 0 Å². The van der Waals surface area contributed by atoms with Crippen molar-refractivity contribution in [3.05, 3.63) is 154 Å². The molecular formula is C43H43NO5S. The van der Waals surface area contributed by atoms with Crippen molar-refractivity contribution >= 4 is 15.7 Å². The summed E-state index contributed by atoms with van der Waals surface area (Å²) in [6, 6.07) is 36.0. The van der Waals surface area contributed by atoms with Crippen molar-refractivity contribution in [3.63, 3.8) is 0 Å². The first-order valence-corrected chi connectivity index (χ1v) is 18.4. The van der Waals surface area contributed by atoms with Gasteiger partial charge in [0, 0.05) is 11.1 Å². The first-order valence-electron chi connectivity index (χ1n) is 17.0. The molecule has 50 heavy (non-hydrogen) atoms. The van der Waals surface area contributed by atoms with E-state index in [4.69, 9.17) is 13.9 Å². The Bertz CT molecular complexity index is 2190. The SMILES string of the molecule is Cc1ccc(S(=O)(=O)/N=C2/c3ccccc3O[C@]23[C@H](c2cc(C(C)(C)C)c(O)c(C(C)(C)C)c2)c2ccccc2O[C@H]3c2ccccc2)cc1. The number of hydrogen-bond donors (Lipinski definition) is 1. The van der Waals surface area contributed by atoms with Crippen LogP contribution in [0.3, 0.4) is 0 Å². The lowest BCUT2D eigenvalue weighted by molar-refractivity contribution is -0.0107. The number of phenolic OH excluding ortho intramolecular Hbond substituents is 1. The van der Waals surface area contributed by atoms with Crippen molar-refractivity contribution in [2.24, 2.45) is 4.40 Å². The van der Waals surface area contributed by atoms with E-state index in [1.54, 1.807) is 24.3 Å². The number of rotatable bonds is 4. The molecule has 0 unspecified atom stereocenters. The fourth-order valence-corrected chi connectivity index (χ4v) is 8.40. The van der Waals surface area contributed by atoms with E-state index in [1.165, 1.54) is 0 Å². The molecule has 2 aliphatic heterocycles. The zero-order valence-electron chi connectivity index (χ0n) is 29.6.